The van der Waals surface area contributed by atoms with Crippen molar-refractivity contribution in [1.82, 2.24) is 14.9 Å². The number of aromatic nitrogens is 2. The van der Waals surface area contributed by atoms with Crippen LogP contribution < -0.4 is 15.4 Å². The summed E-state index contributed by atoms with van der Waals surface area (Å²) in [5.41, 5.74) is 1.05. The van der Waals surface area contributed by atoms with Crippen LogP contribution in [0, 0.1) is 0 Å². The molecule has 0 aliphatic carbocycles. The number of hydrogen-bond acceptors (Lipinski definition) is 7. The van der Waals surface area contributed by atoms with Gasteiger partial charge in [-0.05, 0) is 12.1 Å². The predicted molar refractivity (Wildman–Crippen MR) is 98.7 cm³/mol. The van der Waals surface area contributed by atoms with Gasteiger partial charge in [-0.25, -0.2) is 9.97 Å². The van der Waals surface area contributed by atoms with Gasteiger partial charge in [0.2, 0.25) is 5.95 Å². The van der Waals surface area contributed by atoms with Gasteiger partial charge in [0.1, 0.15) is 5.75 Å². The van der Waals surface area contributed by atoms with E-state index in [-0.39, 0.29) is 5.91 Å². The lowest BCUT2D eigenvalue weighted by Gasteiger charge is -2.26. The van der Waals surface area contributed by atoms with Crippen molar-refractivity contribution in [1.29, 1.82) is 0 Å². The van der Waals surface area contributed by atoms with Crippen molar-refractivity contribution in [2.45, 2.75) is 0 Å². The summed E-state index contributed by atoms with van der Waals surface area (Å²) in [4.78, 5) is 23.0. The number of ether oxygens (including phenoxy) is 2. The molecule has 0 bridgehead atoms. The SMILES string of the molecule is COc1cccc(NC(=O)c2cnc(NCCN3CCOCC3)nc2)c1. The van der Waals surface area contributed by atoms with E-state index >= 15 is 0 Å². The van der Waals surface area contributed by atoms with Crippen molar-refractivity contribution in [3.8, 4) is 5.75 Å². The Balaban J connectivity index is 1.49. The minimum absolute atomic E-state index is 0.266. The summed E-state index contributed by atoms with van der Waals surface area (Å²) in [6.45, 7) is 5.12. The lowest BCUT2D eigenvalue weighted by Crippen LogP contribution is -2.39. The van der Waals surface area contributed by atoms with Crippen molar-refractivity contribution < 1.29 is 14.3 Å². The van der Waals surface area contributed by atoms with Gasteiger partial charge < -0.3 is 20.1 Å². The Hall–Kier alpha value is -2.71. The monoisotopic (exact) mass is 357 g/mol. The van der Waals surface area contributed by atoms with Gasteiger partial charge in [-0.15, -0.1) is 0 Å². The van der Waals surface area contributed by atoms with E-state index in [1.165, 1.54) is 12.4 Å². The maximum atomic E-state index is 12.3. The van der Waals surface area contributed by atoms with Crippen LogP contribution >= 0.6 is 0 Å². The van der Waals surface area contributed by atoms with Crippen molar-refractivity contribution in [2.75, 3.05) is 57.1 Å². The number of hydrogen-bond donors (Lipinski definition) is 2. The molecule has 0 saturated carbocycles. The lowest BCUT2D eigenvalue weighted by molar-refractivity contribution is 0.0398. The molecule has 3 rings (SSSR count). The molecule has 1 aliphatic heterocycles. The first-order valence-electron chi connectivity index (χ1n) is 8.56. The molecule has 0 atom stereocenters. The van der Waals surface area contributed by atoms with Gasteiger partial charge in [-0.2, -0.15) is 0 Å². The molecular weight excluding hydrogens is 334 g/mol. The van der Waals surface area contributed by atoms with Crippen molar-refractivity contribution in [3.05, 3.63) is 42.2 Å². The zero-order chi connectivity index (χ0) is 18.2. The van der Waals surface area contributed by atoms with Gasteiger partial charge in [0, 0.05) is 50.3 Å². The lowest BCUT2D eigenvalue weighted by atomic mass is 10.2. The Kier molecular flexibility index (Phi) is 6.34. The number of carbonyl (C=O) groups is 1. The zero-order valence-corrected chi connectivity index (χ0v) is 14.8. The third-order valence-corrected chi connectivity index (χ3v) is 4.06. The molecule has 2 N–H and O–H groups in total. The highest BCUT2D eigenvalue weighted by atomic mass is 16.5. The summed E-state index contributed by atoms with van der Waals surface area (Å²) in [6, 6.07) is 7.17. The summed E-state index contributed by atoms with van der Waals surface area (Å²) < 4.78 is 10.5. The van der Waals surface area contributed by atoms with Crippen molar-refractivity contribution in [2.24, 2.45) is 0 Å². The number of nitrogens with one attached hydrogen (secondary N) is 2. The number of nitrogens with zero attached hydrogens (tertiary/aromatic N) is 3. The number of anilines is 2. The highest BCUT2D eigenvalue weighted by molar-refractivity contribution is 6.03. The van der Waals surface area contributed by atoms with Crippen LogP contribution in [0.3, 0.4) is 0 Å². The molecule has 0 radical (unpaired) electrons. The summed E-state index contributed by atoms with van der Waals surface area (Å²) in [5.74, 6) is 0.924. The average molecular weight is 357 g/mol. The third-order valence-electron chi connectivity index (χ3n) is 4.06. The molecule has 1 fully saturated rings. The smallest absolute Gasteiger partial charge is 0.258 e. The number of carbonyl (C=O) groups excluding carboxylic acids is 1. The molecule has 8 heteroatoms. The summed E-state index contributed by atoms with van der Waals surface area (Å²) >= 11 is 0. The first kappa shape index (κ1) is 18.1. The average Bonchev–Trinajstić information content (AvgIpc) is 2.69. The number of benzene rings is 1. The minimum Gasteiger partial charge on any atom is -0.497 e. The van der Waals surface area contributed by atoms with Crippen LogP contribution in [0.25, 0.3) is 0 Å². The predicted octanol–water partition coefficient (Wildman–Crippen LogP) is 1.48. The molecule has 0 spiro atoms. The van der Waals surface area contributed by atoms with Crippen LogP contribution in [0.15, 0.2) is 36.7 Å². The first-order chi connectivity index (χ1) is 12.7. The zero-order valence-electron chi connectivity index (χ0n) is 14.8. The highest BCUT2D eigenvalue weighted by Crippen LogP contribution is 2.17. The largest absolute Gasteiger partial charge is 0.497 e. The maximum absolute atomic E-state index is 12.3. The summed E-state index contributed by atoms with van der Waals surface area (Å²) in [6.07, 6.45) is 3.03. The van der Waals surface area contributed by atoms with Crippen LogP contribution in [0.4, 0.5) is 11.6 Å². The molecule has 8 nitrogen and oxygen atoms in total. The van der Waals surface area contributed by atoms with E-state index in [0.717, 1.165) is 39.4 Å². The molecular formula is C18H23N5O3. The summed E-state index contributed by atoms with van der Waals surface area (Å²) in [7, 11) is 1.58. The van der Waals surface area contributed by atoms with E-state index < -0.39 is 0 Å². The molecule has 1 aliphatic rings. The molecule has 1 aromatic carbocycles. The first-order valence-corrected chi connectivity index (χ1v) is 8.56. The van der Waals surface area contributed by atoms with E-state index in [2.05, 4.69) is 25.5 Å². The van der Waals surface area contributed by atoms with Crippen molar-refractivity contribution >= 4 is 17.5 Å². The standard InChI is InChI=1S/C18H23N5O3/c1-25-16-4-2-3-15(11-16)22-17(24)14-12-20-18(21-13-14)19-5-6-23-7-9-26-10-8-23/h2-4,11-13H,5-10H2,1H3,(H,22,24)(H,19,20,21). The fourth-order valence-electron chi connectivity index (χ4n) is 2.59. The van der Waals surface area contributed by atoms with E-state index in [1.54, 1.807) is 19.2 Å². The third kappa shape index (κ3) is 5.14. The second-order valence-corrected chi connectivity index (χ2v) is 5.86. The van der Waals surface area contributed by atoms with Gasteiger partial charge in [0.05, 0.1) is 25.9 Å². The van der Waals surface area contributed by atoms with Crippen LogP contribution in [0.5, 0.6) is 5.75 Å². The Labute approximate surface area is 152 Å². The molecule has 2 aromatic rings. The molecule has 26 heavy (non-hydrogen) atoms. The van der Waals surface area contributed by atoms with Gasteiger partial charge in [-0.3, -0.25) is 9.69 Å². The molecule has 0 unspecified atom stereocenters. The van der Waals surface area contributed by atoms with Crippen LogP contribution in [0.1, 0.15) is 10.4 Å². The van der Waals surface area contributed by atoms with Crippen LogP contribution in [-0.4, -0.2) is 67.3 Å². The van der Waals surface area contributed by atoms with Crippen LogP contribution in [0.2, 0.25) is 0 Å². The van der Waals surface area contributed by atoms with E-state index in [1.807, 2.05) is 12.1 Å². The van der Waals surface area contributed by atoms with Gasteiger partial charge in [0.15, 0.2) is 0 Å². The number of morpholine rings is 1. The van der Waals surface area contributed by atoms with E-state index in [0.29, 0.717) is 22.9 Å². The minimum atomic E-state index is -0.266. The van der Waals surface area contributed by atoms with Crippen LogP contribution in [-0.2, 0) is 4.74 Å². The Morgan fingerprint density at radius 2 is 2.04 bits per heavy atom. The summed E-state index contributed by atoms with van der Waals surface area (Å²) in [5, 5.41) is 5.97. The van der Waals surface area contributed by atoms with E-state index in [9.17, 15) is 4.79 Å². The Morgan fingerprint density at radius 3 is 2.77 bits per heavy atom. The van der Waals surface area contributed by atoms with Gasteiger partial charge >= 0.3 is 0 Å². The molecule has 1 aromatic heterocycles. The highest BCUT2D eigenvalue weighted by Gasteiger charge is 2.10. The molecule has 138 valence electrons. The Morgan fingerprint density at radius 1 is 1.27 bits per heavy atom. The molecule has 1 amide bonds. The molecule has 1 saturated heterocycles. The number of methoxy groups -OCH3 is 1. The van der Waals surface area contributed by atoms with Crippen molar-refractivity contribution in [3.63, 3.8) is 0 Å². The fraction of sp³-hybridized carbons (Fsp3) is 0.389. The normalized spacial score (nSPS) is 14.7. The maximum Gasteiger partial charge on any atom is 0.258 e. The quantitative estimate of drug-likeness (QED) is 0.776. The topological polar surface area (TPSA) is 88.6 Å². The second-order valence-electron chi connectivity index (χ2n) is 5.86. The second kappa shape index (κ2) is 9.12. The Bertz CT molecular complexity index is 717. The number of rotatable bonds is 7. The van der Waals surface area contributed by atoms with Gasteiger partial charge in [-0.1, -0.05) is 6.07 Å². The molecule has 2 heterocycles. The van der Waals surface area contributed by atoms with E-state index in [4.69, 9.17) is 9.47 Å². The van der Waals surface area contributed by atoms with Gasteiger partial charge in [0.25, 0.3) is 5.91 Å². The fourth-order valence-corrected chi connectivity index (χ4v) is 2.59. The number of amides is 1.